The highest BCUT2D eigenvalue weighted by Gasteiger charge is 2.47. The Balaban J connectivity index is 1.34. The summed E-state index contributed by atoms with van der Waals surface area (Å²) in [5.74, 6) is 3.96. The Labute approximate surface area is 208 Å². The van der Waals surface area contributed by atoms with Gasteiger partial charge < -0.3 is 16.0 Å². The second-order valence-corrected chi connectivity index (χ2v) is 13.2. The average Bonchev–Trinajstić information content (AvgIpc) is 3.27. The second-order valence-electron chi connectivity index (χ2n) is 8.40. The van der Waals surface area contributed by atoms with Crippen molar-refractivity contribution in [2.45, 2.75) is 27.4 Å². The first-order valence-electron chi connectivity index (χ1n) is 10.9. The lowest BCUT2D eigenvalue weighted by Gasteiger charge is -2.40. The van der Waals surface area contributed by atoms with Crippen molar-refractivity contribution in [3.05, 3.63) is 53.5 Å². The number of hydrogen-bond donors (Lipinski definition) is 2. The highest BCUT2D eigenvalue weighted by Crippen LogP contribution is 2.36. The Morgan fingerprint density at radius 3 is 2.53 bits per heavy atom. The van der Waals surface area contributed by atoms with Crippen LogP contribution in [-0.2, 0) is 14.3 Å². The summed E-state index contributed by atoms with van der Waals surface area (Å²) >= 11 is 2.96. The van der Waals surface area contributed by atoms with E-state index in [1.165, 1.54) is 11.3 Å². The number of likely N-dealkylation sites (tertiary alicyclic amines) is 1. The number of nitrogens with zero attached hydrogens (tertiary/aromatic N) is 2. The van der Waals surface area contributed by atoms with Crippen LogP contribution in [0, 0.1) is 0 Å². The maximum Gasteiger partial charge on any atom is 0.280 e. The summed E-state index contributed by atoms with van der Waals surface area (Å²) < 4.78 is 13.6. The molecule has 2 aromatic carbocycles. The number of fused-ring (bicyclic) bond motifs is 1. The molecule has 0 bridgehead atoms. The molecule has 1 aliphatic heterocycles. The van der Waals surface area contributed by atoms with E-state index in [1.807, 2.05) is 43.4 Å². The van der Waals surface area contributed by atoms with Gasteiger partial charge in [-0.25, -0.2) is 4.98 Å². The third-order valence-corrected chi connectivity index (χ3v) is 11.2. The summed E-state index contributed by atoms with van der Waals surface area (Å²) in [7, 11) is -0.939. The van der Waals surface area contributed by atoms with E-state index in [0.717, 1.165) is 15.1 Å². The molecule has 0 saturated carbocycles. The summed E-state index contributed by atoms with van der Waals surface area (Å²) in [4.78, 5) is 32.8. The number of piperidine rings is 1. The molecule has 1 aliphatic rings. The van der Waals surface area contributed by atoms with Crippen molar-refractivity contribution in [3.63, 3.8) is 0 Å². The molecule has 3 N–H and O–H groups in total. The van der Waals surface area contributed by atoms with E-state index in [1.54, 1.807) is 23.9 Å². The third-order valence-electron chi connectivity index (χ3n) is 6.22. The first-order chi connectivity index (χ1) is 16.2. The summed E-state index contributed by atoms with van der Waals surface area (Å²) in [6, 6.07) is 15.0. The maximum atomic E-state index is 13.8. The summed E-state index contributed by atoms with van der Waals surface area (Å²) in [6.07, 6.45) is 0.873. The molecule has 3 aromatic rings. The zero-order valence-corrected chi connectivity index (χ0v) is 21.4. The second kappa shape index (κ2) is 10.1. The van der Waals surface area contributed by atoms with E-state index >= 15 is 0 Å². The number of aromatic nitrogens is 1. The fourth-order valence-corrected chi connectivity index (χ4v) is 7.92. The molecule has 10 heteroatoms. The molecular weight excluding hydrogens is 488 g/mol. The normalized spacial score (nSPS) is 17.8. The van der Waals surface area contributed by atoms with Crippen molar-refractivity contribution in [1.82, 2.24) is 15.2 Å². The topological polar surface area (TPSA) is 105 Å². The van der Waals surface area contributed by atoms with Crippen molar-refractivity contribution in [1.29, 1.82) is 0 Å². The van der Waals surface area contributed by atoms with E-state index in [0.29, 0.717) is 48.1 Å². The molecule has 1 fully saturated rings. The molecule has 1 unspecified atom stereocenters. The van der Waals surface area contributed by atoms with E-state index in [9.17, 15) is 13.8 Å². The average molecular weight is 517 g/mol. The van der Waals surface area contributed by atoms with Crippen molar-refractivity contribution in [2.75, 3.05) is 32.4 Å². The molecule has 2 amide bonds. The lowest BCUT2D eigenvalue weighted by Crippen LogP contribution is -2.56. The number of benzene rings is 2. The minimum absolute atomic E-state index is 0.177. The Morgan fingerprint density at radius 1 is 1.21 bits per heavy atom. The predicted molar refractivity (Wildman–Crippen MR) is 141 cm³/mol. The number of carbonyl (C=O) groups excluding carboxylic acids is 2. The summed E-state index contributed by atoms with van der Waals surface area (Å²) in [5.41, 5.74) is 6.58. The minimum Gasteiger partial charge on any atom is -0.368 e. The first kappa shape index (κ1) is 24.7. The lowest BCUT2D eigenvalue weighted by atomic mass is 9.95. The van der Waals surface area contributed by atoms with Gasteiger partial charge in [0.2, 0.25) is 5.91 Å². The van der Waals surface area contributed by atoms with Gasteiger partial charge in [-0.05, 0) is 75.2 Å². The van der Waals surface area contributed by atoms with Gasteiger partial charge in [0.1, 0.15) is 4.75 Å². The van der Waals surface area contributed by atoms with Gasteiger partial charge in [0.25, 0.3) is 5.91 Å². The van der Waals surface area contributed by atoms with Crippen molar-refractivity contribution in [2.24, 2.45) is 5.73 Å². The number of rotatable bonds is 8. The molecule has 1 saturated heterocycles. The zero-order chi connectivity index (χ0) is 24.3. The van der Waals surface area contributed by atoms with Gasteiger partial charge >= 0.3 is 0 Å². The Bertz CT molecular complexity index is 1260. The molecule has 34 heavy (non-hydrogen) atoms. The molecular formula is C24H28N4O3S3. The fraction of sp³-hybridized carbons (Fsp3) is 0.333. The number of carbonyl (C=O) groups is 2. The molecule has 0 spiro atoms. The smallest absolute Gasteiger partial charge is 0.280 e. The van der Waals surface area contributed by atoms with Gasteiger partial charge in [-0.15, -0.1) is 23.1 Å². The van der Waals surface area contributed by atoms with Crippen LogP contribution in [0.5, 0.6) is 0 Å². The Kier molecular flexibility index (Phi) is 7.32. The largest absolute Gasteiger partial charge is 0.368 e. The van der Waals surface area contributed by atoms with Crippen LogP contribution in [-0.4, -0.2) is 69.0 Å². The Morgan fingerprint density at radius 2 is 1.88 bits per heavy atom. The molecule has 7 nitrogen and oxygen atoms in total. The highest BCUT2D eigenvalue weighted by molar-refractivity contribution is 8.02. The number of nitrogens with two attached hydrogens (primary N) is 1. The first-order valence-corrected chi connectivity index (χ1v) is 14.5. The number of amides is 2. The number of primary amides is 1. The number of para-hydroxylation sites is 1. The minimum atomic E-state index is -2.91. The standard InChI is InChI=1S/C24H28N4O3S3/c1-28-14-11-24(12-15-28,23(25)30)34(2,31)18-9-7-17(8-10-18)32-16-13-26-21(29)22-27-19-5-3-4-6-20(19)33-22/h3-10H,2,11-16H2,1H3,(H2,25,30)(H,26,29). The van der Waals surface area contributed by atoms with Gasteiger partial charge in [0.05, 0.1) is 10.2 Å². The monoisotopic (exact) mass is 516 g/mol. The third kappa shape index (κ3) is 4.86. The van der Waals surface area contributed by atoms with Crippen LogP contribution in [0.2, 0.25) is 0 Å². The van der Waals surface area contributed by atoms with Crippen LogP contribution in [0.15, 0.2) is 58.3 Å². The van der Waals surface area contributed by atoms with Crippen LogP contribution in [0.25, 0.3) is 10.2 Å². The van der Waals surface area contributed by atoms with E-state index in [2.05, 4.69) is 21.1 Å². The number of hydrogen-bond acceptors (Lipinski definition) is 7. The molecule has 0 aliphatic carbocycles. The van der Waals surface area contributed by atoms with Crippen LogP contribution < -0.4 is 11.1 Å². The van der Waals surface area contributed by atoms with E-state index in [4.69, 9.17) is 5.73 Å². The predicted octanol–water partition coefficient (Wildman–Crippen LogP) is 2.84. The maximum absolute atomic E-state index is 13.8. The van der Waals surface area contributed by atoms with Crippen molar-refractivity contribution >= 4 is 60.5 Å². The van der Waals surface area contributed by atoms with E-state index < -0.39 is 20.2 Å². The van der Waals surface area contributed by atoms with Gasteiger partial charge in [-0.2, -0.15) is 0 Å². The number of thiazole rings is 1. The SMILES string of the molecule is C=S(=O)(c1ccc(SCCNC(=O)c2nc3ccccc3s2)cc1)C1(C(N)=O)CCN(C)CC1. The summed E-state index contributed by atoms with van der Waals surface area (Å²) in [6.45, 7) is 1.81. The van der Waals surface area contributed by atoms with Crippen LogP contribution in [0.1, 0.15) is 22.6 Å². The fourth-order valence-electron chi connectivity index (χ4n) is 4.08. The van der Waals surface area contributed by atoms with Crippen LogP contribution >= 0.6 is 23.1 Å². The molecule has 0 radical (unpaired) electrons. The molecule has 1 atom stereocenters. The van der Waals surface area contributed by atoms with Crippen molar-refractivity contribution in [3.8, 4) is 0 Å². The molecule has 2 heterocycles. The quantitative estimate of drug-likeness (QED) is 0.271. The van der Waals surface area contributed by atoms with Crippen molar-refractivity contribution < 1.29 is 13.8 Å². The molecule has 4 rings (SSSR count). The highest BCUT2D eigenvalue weighted by atomic mass is 32.2. The lowest BCUT2D eigenvalue weighted by molar-refractivity contribution is -0.121. The van der Waals surface area contributed by atoms with Gasteiger partial charge in [0, 0.05) is 31.6 Å². The molecule has 180 valence electrons. The van der Waals surface area contributed by atoms with Crippen LogP contribution in [0.3, 0.4) is 0 Å². The molecule has 1 aromatic heterocycles. The number of nitrogens with one attached hydrogen (secondary N) is 1. The number of thioether (sulfide) groups is 1. The summed E-state index contributed by atoms with van der Waals surface area (Å²) in [5, 5.41) is 3.36. The van der Waals surface area contributed by atoms with Gasteiger partial charge in [-0.1, -0.05) is 12.1 Å². The Hall–Kier alpha value is -2.40. The van der Waals surface area contributed by atoms with Gasteiger partial charge in [0.15, 0.2) is 5.01 Å². The zero-order valence-electron chi connectivity index (χ0n) is 19.0. The van der Waals surface area contributed by atoms with E-state index in [-0.39, 0.29) is 5.91 Å². The van der Waals surface area contributed by atoms with Gasteiger partial charge in [-0.3, -0.25) is 13.8 Å². The van der Waals surface area contributed by atoms with Crippen LogP contribution in [0.4, 0.5) is 0 Å².